The van der Waals surface area contributed by atoms with Crippen LogP contribution in [0, 0.1) is 0 Å². The second-order valence-corrected chi connectivity index (χ2v) is 10.4. The molecule has 0 aliphatic carbocycles. The molecule has 168 valence electrons. The van der Waals surface area contributed by atoms with Gasteiger partial charge in [0, 0.05) is 11.8 Å². The number of rotatable bonds is 7. The van der Waals surface area contributed by atoms with Crippen molar-refractivity contribution in [1.29, 1.82) is 0 Å². The number of ether oxygens (including phenoxy) is 4. The minimum Gasteiger partial charge on any atom is -0.616 e. The molecule has 3 aliphatic rings. The summed E-state index contributed by atoms with van der Waals surface area (Å²) in [5.41, 5.74) is 0.783. The number of benzene rings is 1. The molecule has 0 N–H and O–H groups in total. The van der Waals surface area contributed by atoms with Gasteiger partial charge in [-0.3, -0.25) is 0 Å². The van der Waals surface area contributed by atoms with Gasteiger partial charge in [-0.2, -0.15) is 9.05 Å². The Labute approximate surface area is 186 Å². The number of methoxy groups -OCH3 is 1. The first-order chi connectivity index (χ1) is 14.3. The molecule has 4 rings (SSSR count). The molecule has 3 aliphatic heterocycles. The molecule has 0 bridgehead atoms. The Bertz CT molecular complexity index is 736. The van der Waals surface area contributed by atoms with Crippen molar-refractivity contribution in [3.05, 3.63) is 29.8 Å². The summed E-state index contributed by atoms with van der Waals surface area (Å²) in [7, 11) is -2.15. The van der Waals surface area contributed by atoms with E-state index in [1.165, 1.54) is 0 Å². The third-order valence-corrected chi connectivity index (χ3v) is 7.74. The maximum atomic E-state index is 13.9. The number of hydrogen-bond acceptors (Lipinski definition) is 8. The summed E-state index contributed by atoms with van der Waals surface area (Å²) in [6.07, 6.45) is -3.02. The Morgan fingerprint density at radius 2 is 1.70 bits per heavy atom. The molecule has 3 heterocycles. The maximum absolute atomic E-state index is 13.9. The van der Waals surface area contributed by atoms with Gasteiger partial charge in [-0.1, -0.05) is 12.1 Å². The van der Waals surface area contributed by atoms with E-state index in [1.54, 1.807) is 25.6 Å². The summed E-state index contributed by atoms with van der Waals surface area (Å²) in [4.78, 5) is 13.9. The number of alkyl halides is 2. The third kappa shape index (κ3) is 4.33. The lowest BCUT2D eigenvalue weighted by Gasteiger charge is -2.45. The van der Waals surface area contributed by atoms with Gasteiger partial charge in [-0.05, 0) is 31.5 Å². The fraction of sp³-hybridized carbons (Fsp3) is 0.684. The van der Waals surface area contributed by atoms with E-state index < -0.39 is 44.6 Å². The Morgan fingerprint density at radius 1 is 1.03 bits per heavy atom. The first-order valence-electron chi connectivity index (χ1n) is 9.79. The van der Waals surface area contributed by atoms with Crippen LogP contribution in [0.3, 0.4) is 0 Å². The molecule has 0 spiro atoms. The second-order valence-electron chi connectivity index (χ2n) is 7.74. The average molecular weight is 482 g/mol. The monoisotopic (exact) mass is 481 g/mol. The smallest absolute Gasteiger partial charge is 0.316 e. The lowest BCUT2D eigenvalue weighted by atomic mass is 9.99. The molecular formula is C19H26Cl2NO7P. The van der Waals surface area contributed by atoms with Crippen LogP contribution in [0.15, 0.2) is 24.3 Å². The van der Waals surface area contributed by atoms with Crippen molar-refractivity contribution in [1.82, 2.24) is 4.67 Å². The quantitative estimate of drug-likeness (QED) is 0.434. The predicted octanol–water partition coefficient (Wildman–Crippen LogP) is 2.85. The van der Waals surface area contributed by atoms with E-state index in [2.05, 4.69) is 0 Å². The van der Waals surface area contributed by atoms with E-state index in [1.807, 2.05) is 24.3 Å². The highest BCUT2D eigenvalue weighted by Gasteiger charge is 2.65. The van der Waals surface area contributed by atoms with E-state index >= 15 is 0 Å². The summed E-state index contributed by atoms with van der Waals surface area (Å²) in [5, 5.41) is 0. The Kier molecular flexibility index (Phi) is 6.84. The van der Waals surface area contributed by atoms with Crippen molar-refractivity contribution in [2.45, 2.75) is 50.3 Å². The summed E-state index contributed by atoms with van der Waals surface area (Å²) in [6, 6.07) is 7.34. The number of fused-ring (bicyclic) bond motifs is 3. The minimum atomic E-state index is -3.74. The highest BCUT2D eigenvalue weighted by molar-refractivity contribution is 7.56. The molecule has 0 aromatic heterocycles. The van der Waals surface area contributed by atoms with Gasteiger partial charge in [-0.25, -0.2) is 0 Å². The molecule has 6 atom stereocenters. The zero-order chi connectivity index (χ0) is 21.5. The standard InChI is InChI=1S/C19H26Cl2NO7P/c1-19(2)26-17-16-15(25-18(17)27-19)14(12-4-6-13(24-3)7-5-12)28-30(23,29-16)22(10-8-20)11-9-21/h4-7,14-18H,8-11H2,1-3H3/t14-,15?,16?,17?,18?,30?/m1/s1. The van der Waals surface area contributed by atoms with E-state index in [4.69, 9.17) is 51.2 Å². The van der Waals surface area contributed by atoms with Crippen LogP contribution in [0.5, 0.6) is 5.75 Å². The highest BCUT2D eigenvalue weighted by Crippen LogP contribution is 2.66. The van der Waals surface area contributed by atoms with E-state index in [9.17, 15) is 4.89 Å². The van der Waals surface area contributed by atoms with E-state index in [0.29, 0.717) is 18.8 Å². The fourth-order valence-electron chi connectivity index (χ4n) is 3.98. The van der Waals surface area contributed by atoms with Gasteiger partial charge < -0.3 is 23.8 Å². The van der Waals surface area contributed by atoms with Crippen molar-refractivity contribution >= 4 is 31.3 Å². The molecule has 11 heteroatoms. The normalized spacial score (nSPS) is 37.2. The Hall–Kier alpha value is -0.250. The summed E-state index contributed by atoms with van der Waals surface area (Å²) in [5.74, 6) is 0.385. The fourth-order valence-corrected chi connectivity index (χ4v) is 6.71. The van der Waals surface area contributed by atoms with Gasteiger partial charge in [0.1, 0.15) is 18.0 Å². The van der Waals surface area contributed by atoms with Crippen LogP contribution >= 0.6 is 31.3 Å². The van der Waals surface area contributed by atoms with Crippen molar-refractivity contribution in [2.24, 2.45) is 0 Å². The van der Waals surface area contributed by atoms with Gasteiger partial charge in [0.2, 0.25) is 0 Å². The molecule has 8 nitrogen and oxygen atoms in total. The van der Waals surface area contributed by atoms with Crippen LogP contribution < -0.4 is 9.63 Å². The minimum absolute atomic E-state index is 0.254. The van der Waals surface area contributed by atoms with Crippen LogP contribution in [0.1, 0.15) is 25.5 Å². The van der Waals surface area contributed by atoms with Crippen molar-refractivity contribution in [2.75, 3.05) is 32.0 Å². The van der Waals surface area contributed by atoms with Gasteiger partial charge in [0.15, 0.2) is 24.3 Å². The molecule has 0 saturated carbocycles. The molecule has 30 heavy (non-hydrogen) atoms. The average Bonchev–Trinajstić information content (AvgIpc) is 3.19. The number of halogens is 2. The number of nitrogens with zero attached hydrogens (tertiary/aromatic N) is 1. The number of hydrogen-bond donors (Lipinski definition) is 0. The largest absolute Gasteiger partial charge is 0.616 e. The van der Waals surface area contributed by atoms with Gasteiger partial charge in [0.05, 0.1) is 20.2 Å². The Morgan fingerprint density at radius 3 is 2.30 bits per heavy atom. The molecule has 1 aromatic rings. The topological polar surface area (TPSA) is 81.7 Å². The Balaban J connectivity index is 1.68. The van der Waals surface area contributed by atoms with Crippen molar-refractivity contribution in [3.63, 3.8) is 0 Å². The zero-order valence-electron chi connectivity index (χ0n) is 17.0. The van der Waals surface area contributed by atoms with Crippen molar-refractivity contribution < 1.29 is 32.9 Å². The van der Waals surface area contributed by atoms with Crippen LogP contribution in [0.4, 0.5) is 0 Å². The molecule has 5 unspecified atom stereocenters. The molecule has 0 amide bonds. The molecule has 3 fully saturated rings. The highest BCUT2D eigenvalue weighted by atomic mass is 35.5. The summed E-state index contributed by atoms with van der Waals surface area (Å²) < 4.78 is 37.0. The molecule has 3 saturated heterocycles. The summed E-state index contributed by atoms with van der Waals surface area (Å²) >= 11 is 11.9. The predicted molar refractivity (Wildman–Crippen MR) is 110 cm³/mol. The lowest BCUT2D eigenvalue weighted by Crippen LogP contribution is -2.50. The third-order valence-electron chi connectivity index (χ3n) is 5.30. The maximum Gasteiger partial charge on any atom is 0.316 e. The van der Waals surface area contributed by atoms with E-state index in [0.717, 1.165) is 5.56 Å². The van der Waals surface area contributed by atoms with Crippen LogP contribution in [-0.2, 0) is 23.3 Å². The van der Waals surface area contributed by atoms with Gasteiger partial charge in [0.25, 0.3) is 0 Å². The van der Waals surface area contributed by atoms with Gasteiger partial charge in [-0.15, -0.1) is 27.9 Å². The second kappa shape index (κ2) is 8.94. The lowest BCUT2D eigenvalue weighted by molar-refractivity contribution is -0.281. The van der Waals surface area contributed by atoms with E-state index in [-0.39, 0.29) is 11.8 Å². The van der Waals surface area contributed by atoms with Gasteiger partial charge >= 0.3 is 8.09 Å². The SMILES string of the molecule is COc1ccc([C@H]2O[P+]([O-])(N(CCCl)CCCl)OC3C4OC(C)(C)OC4OC32)cc1. The van der Waals surface area contributed by atoms with Crippen LogP contribution in [-0.4, -0.2) is 67.0 Å². The summed E-state index contributed by atoms with van der Waals surface area (Å²) in [6.45, 7) is 4.21. The first kappa shape index (κ1) is 22.9. The van der Waals surface area contributed by atoms with Crippen LogP contribution in [0.25, 0.3) is 0 Å². The zero-order valence-corrected chi connectivity index (χ0v) is 19.4. The van der Waals surface area contributed by atoms with Crippen molar-refractivity contribution in [3.8, 4) is 5.75 Å². The molecule has 1 aromatic carbocycles. The molecule has 0 radical (unpaired) electrons. The molecular weight excluding hydrogens is 456 g/mol. The van der Waals surface area contributed by atoms with Crippen LogP contribution in [0.2, 0.25) is 0 Å². The first-order valence-corrected chi connectivity index (χ1v) is 12.4.